The maximum atomic E-state index is 12.8. The van der Waals surface area contributed by atoms with Crippen LogP contribution in [-0.2, 0) is 69.8 Å². The molecule has 0 aromatic heterocycles. The topological polar surface area (TPSA) is 321 Å². The maximum absolute atomic E-state index is 12.8. The van der Waals surface area contributed by atoms with Crippen LogP contribution in [0.15, 0.2) is 97.1 Å². The van der Waals surface area contributed by atoms with Gasteiger partial charge in [-0.2, -0.15) is 51.1 Å². The summed E-state index contributed by atoms with van der Waals surface area (Å²) in [5.74, 6) is 14.7. The standard InChI is InChI=1S/C19H17F3N2O3.C12H16N2O2.C11H14N2O2.C11H12O3.C9H7F3O.C7H8.C4H2O3.CH6N2.2H3P/c20-19(21,22)9-3-1-8(2-4-9)16(25)23-24-17(26)14-10-5-6-11(13-7-12(10)13)15(14)18(24)27;1-13-14-11(15)9-5-2-3-6(8-4-7(5)8)10(9)12(14)16;12-13-10(14)8-4-1-2-5(7-3-6(4)7)9(8)11(13)15;12-10-8-4-1-2-5(7-3-6(4)7)9(8)11(13)14-10;1-6(13)7-2-4-8(5-3-7)9(10,11)12;1-2-4-6-7-5-3-1;5-3-1-2-4(6)7-3;1-3-2;;/h1-4,10-15H,5-7H2,(H,23,25);5-10,13H,2-4H2,1H3;4-9H,1-3,12H2;4-9H,1-3H2;2-5H,1H3;1-6H,7H2;1-2H;3H,2H2,1H3;2*1H3/t10?,11?,12-,13+,14+,15-;5?,6?,7-,8+,9+,10-;2*4?,5?,6-,7+,8+,9-;;;;;;. The molecule has 560 valence electrons. The fraction of sp³-hybridized carbons (Fsp3) is 0.568. The first kappa shape index (κ1) is 77.6. The quantitative estimate of drug-likeness (QED) is 0.0223. The van der Waals surface area contributed by atoms with Crippen LogP contribution in [0, 0.1) is 142 Å². The van der Waals surface area contributed by atoms with Crippen LogP contribution >= 0.6 is 19.8 Å². The molecule has 26 atom stereocenters. The zero-order chi connectivity index (χ0) is 72.9. The number of ketones is 1. The minimum atomic E-state index is -4.49. The molecular formula is C74H88F6N8O14P2. The van der Waals surface area contributed by atoms with E-state index in [9.17, 15) is 83.9 Å². The predicted octanol–water partition coefficient (Wildman–Crippen LogP) is 7.93. The Labute approximate surface area is 602 Å². The van der Waals surface area contributed by atoms with Crippen molar-refractivity contribution in [3.63, 3.8) is 0 Å². The van der Waals surface area contributed by atoms with Crippen molar-refractivity contribution >= 4 is 90.8 Å². The molecule has 4 saturated heterocycles. The second-order valence-electron chi connectivity index (χ2n) is 30.1. The van der Waals surface area contributed by atoms with Gasteiger partial charge in [-0.05, 0) is 229 Å². The molecule has 24 rings (SSSR count). The van der Waals surface area contributed by atoms with Crippen molar-refractivity contribution in [2.24, 2.45) is 154 Å². The number of rotatable bonds is 4. The lowest BCUT2D eigenvalue weighted by atomic mass is 9.59. The summed E-state index contributed by atoms with van der Waals surface area (Å²) in [6.07, 6.45) is 20.6. The summed E-state index contributed by atoms with van der Waals surface area (Å²) in [7, 11) is 3.32. The van der Waals surface area contributed by atoms with Gasteiger partial charge in [0.1, 0.15) is 0 Å². The molecular weight excluding hydrogens is 1400 g/mol. The number of hydrogen-bond donors (Lipinski definition) is 5. The molecule has 2 aromatic rings. The predicted molar refractivity (Wildman–Crippen MR) is 367 cm³/mol. The zero-order valence-electron chi connectivity index (χ0n) is 57.7. The second kappa shape index (κ2) is 30.4. The molecule has 22 aliphatic rings. The first-order valence-corrected chi connectivity index (χ1v) is 35.4. The number of halogens is 6. The van der Waals surface area contributed by atoms with Gasteiger partial charge in [-0.15, -0.1) is 0 Å². The minimum absolute atomic E-state index is 0. The summed E-state index contributed by atoms with van der Waals surface area (Å²) in [6, 6.07) is 7.82. The van der Waals surface area contributed by atoms with Gasteiger partial charge < -0.3 is 9.47 Å². The number of fused-ring (bicyclic) bond motifs is 4. The fourth-order valence-corrected chi connectivity index (χ4v) is 21.0. The average Bonchev–Trinajstić information content (AvgIpc) is 1.56. The Bertz CT molecular complexity index is 3750. The van der Waals surface area contributed by atoms with E-state index in [1.807, 2.05) is 12.2 Å². The van der Waals surface area contributed by atoms with Gasteiger partial charge in [0.2, 0.25) is 23.6 Å². The van der Waals surface area contributed by atoms with Crippen molar-refractivity contribution in [1.29, 1.82) is 0 Å². The molecule has 17 aliphatic carbocycles. The lowest BCUT2D eigenvalue weighted by molar-refractivity contribution is -0.155. The number of Topliss-reactive ketones (excluding diaryl/α,β-unsaturated/α-hetero) is 1. The van der Waals surface area contributed by atoms with Crippen molar-refractivity contribution in [2.75, 3.05) is 14.1 Å². The van der Waals surface area contributed by atoms with Crippen LogP contribution in [0.3, 0.4) is 0 Å². The molecule has 5 heterocycles. The number of carbonyl (C=O) groups excluding carboxylic acids is 12. The summed E-state index contributed by atoms with van der Waals surface area (Å²) >= 11 is 0. The van der Waals surface area contributed by atoms with Gasteiger partial charge >= 0.3 is 36.2 Å². The number of alkyl halides is 6. The van der Waals surface area contributed by atoms with Crippen molar-refractivity contribution < 1.29 is 93.4 Å². The van der Waals surface area contributed by atoms with Crippen molar-refractivity contribution in [3.05, 3.63) is 119 Å². The van der Waals surface area contributed by atoms with Gasteiger partial charge in [-0.3, -0.25) is 64.6 Å². The van der Waals surface area contributed by atoms with Gasteiger partial charge in [-0.1, -0.05) is 48.6 Å². The highest BCUT2D eigenvalue weighted by atomic mass is 31.0. The van der Waals surface area contributed by atoms with Crippen LogP contribution in [-0.4, -0.2) is 100 Å². The molecule has 5 aliphatic heterocycles. The SMILES string of the molecule is C1=CC=CCC=C1.CC(=O)c1ccc(C(F)(F)F)cc1.CNN.CNN1C(=O)[C@@H]2C3CCC([C@H]4C[C@@H]34)[C@@H]2C1=O.NN1C(=O)[C@@H]2C3CCC([C@H]4C[C@@H]34)[C@@H]2C1=O.O=C(NN1C(=O)[C@@H]2C3CCC([C@H]4C[C@@H]34)[C@@H]2C1=O)c1ccc(C(F)(F)F)cc1.O=C1C=CC(=O)O1.O=C1OC(=O)[C@H]2C3CCC([C@@H]12)[C@@H]1C[C@H]31.P.P. The van der Waals surface area contributed by atoms with Crippen LogP contribution < -0.4 is 28.0 Å². The molecule has 8 bridgehead atoms. The third-order valence-electron chi connectivity index (χ3n) is 25.3. The van der Waals surface area contributed by atoms with E-state index >= 15 is 0 Å². The second-order valence-corrected chi connectivity index (χ2v) is 30.1. The van der Waals surface area contributed by atoms with Gasteiger partial charge in [0.25, 0.3) is 17.7 Å². The molecule has 30 heteroatoms. The Balaban J connectivity index is 0.000000125. The first-order chi connectivity index (χ1) is 48.6. The average molecular weight is 1490 g/mol. The summed E-state index contributed by atoms with van der Waals surface area (Å²) in [4.78, 5) is 140. The normalized spacial score (nSPS) is 37.4. The van der Waals surface area contributed by atoms with E-state index in [1.54, 1.807) is 14.1 Å². The molecule has 0 radical (unpaired) electrons. The van der Waals surface area contributed by atoms with Gasteiger partial charge in [0.15, 0.2) is 5.78 Å². The van der Waals surface area contributed by atoms with E-state index in [1.165, 1.54) is 56.2 Å². The van der Waals surface area contributed by atoms with Crippen LogP contribution in [0.25, 0.3) is 0 Å². The highest BCUT2D eigenvalue weighted by Gasteiger charge is 2.72. The fourth-order valence-electron chi connectivity index (χ4n) is 21.0. The number of ether oxygens (including phenoxy) is 2. The summed E-state index contributed by atoms with van der Waals surface area (Å²) in [6.45, 7) is 1.31. The van der Waals surface area contributed by atoms with Crippen LogP contribution in [0.2, 0.25) is 0 Å². The smallest absolute Gasteiger partial charge is 0.393 e. The number of imide groups is 3. The number of nitrogens with two attached hydrogens (primary N) is 2. The number of nitrogens with one attached hydrogen (secondary N) is 3. The Kier molecular flexibility index (Phi) is 22.7. The van der Waals surface area contributed by atoms with Gasteiger partial charge in [-0.25, -0.2) is 30.9 Å². The highest BCUT2D eigenvalue weighted by molar-refractivity contribution is 6.92. The van der Waals surface area contributed by atoms with E-state index in [0.29, 0.717) is 47.3 Å². The number of hydrogen-bond acceptors (Lipinski definition) is 18. The third-order valence-corrected chi connectivity index (χ3v) is 25.3. The molecule has 10 unspecified atom stereocenters. The summed E-state index contributed by atoms with van der Waals surface area (Å²) < 4.78 is 82.8. The van der Waals surface area contributed by atoms with Crippen molar-refractivity contribution in [3.8, 4) is 0 Å². The van der Waals surface area contributed by atoms with Crippen LogP contribution in [0.4, 0.5) is 26.3 Å². The molecule has 104 heavy (non-hydrogen) atoms. The van der Waals surface area contributed by atoms with E-state index in [4.69, 9.17) is 10.6 Å². The van der Waals surface area contributed by atoms with Crippen LogP contribution in [0.5, 0.6) is 0 Å². The van der Waals surface area contributed by atoms with Crippen molar-refractivity contribution in [1.82, 2.24) is 31.3 Å². The molecule has 20 fully saturated rings. The number of carbonyl (C=O) groups is 12. The van der Waals surface area contributed by atoms with E-state index < -0.39 is 41.3 Å². The Hall–Kier alpha value is -7.48. The van der Waals surface area contributed by atoms with Gasteiger partial charge in [0, 0.05) is 30.3 Å². The number of hydrazine groups is 4. The zero-order valence-corrected chi connectivity index (χ0v) is 60.5. The largest absolute Gasteiger partial charge is 0.416 e. The molecule has 2 aromatic carbocycles. The Morgan fingerprint density at radius 2 is 0.712 bits per heavy atom. The number of esters is 4. The number of cyclic esters (lactones) is 4. The summed E-state index contributed by atoms with van der Waals surface area (Å²) in [5, 5.41) is 2.97. The molecule has 0 spiro atoms. The van der Waals surface area contributed by atoms with E-state index in [-0.39, 0.29) is 143 Å². The third kappa shape index (κ3) is 14.5. The lowest BCUT2D eigenvalue weighted by Crippen LogP contribution is -2.46. The Morgan fingerprint density at radius 3 is 0.990 bits per heavy atom. The number of amides is 7. The molecule has 7 amide bonds. The van der Waals surface area contributed by atoms with Crippen molar-refractivity contribution in [2.45, 2.75) is 103 Å². The minimum Gasteiger partial charge on any atom is -0.393 e. The lowest BCUT2D eigenvalue weighted by Gasteiger charge is -2.42. The monoisotopic (exact) mass is 1490 g/mol. The van der Waals surface area contributed by atoms with Gasteiger partial charge in [0.05, 0.1) is 58.5 Å². The number of allylic oxidation sites excluding steroid dienone is 6. The first-order valence-electron chi connectivity index (χ1n) is 35.4. The molecule has 16 saturated carbocycles. The van der Waals surface area contributed by atoms with E-state index in [2.05, 4.69) is 51.2 Å². The number of nitrogens with zero attached hydrogens (tertiary/aromatic N) is 3. The maximum Gasteiger partial charge on any atom is 0.416 e. The summed E-state index contributed by atoms with van der Waals surface area (Å²) in [5.41, 5.74) is 5.97. The number of benzene rings is 2. The van der Waals surface area contributed by atoms with Crippen LogP contribution in [0.1, 0.15) is 122 Å². The highest BCUT2D eigenvalue weighted by Crippen LogP contribution is 2.71. The Morgan fingerprint density at radius 1 is 0.423 bits per heavy atom. The molecule has 22 nitrogen and oxygen atoms in total. The molecule has 7 N–H and O–H groups in total. The van der Waals surface area contributed by atoms with E-state index in [0.717, 1.165) is 145 Å².